The van der Waals surface area contributed by atoms with E-state index in [1.54, 1.807) is 0 Å². The number of rotatable bonds is 9. The molecular formula is C17H20ClO3PS2. The van der Waals surface area contributed by atoms with Gasteiger partial charge < -0.3 is 4.52 Å². The molecule has 0 bridgehead atoms. The van der Waals surface area contributed by atoms with Crippen LogP contribution < -0.4 is 4.52 Å². The Morgan fingerprint density at radius 3 is 2.46 bits per heavy atom. The minimum absolute atomic E-state index is 0.348. The van der Waals surface area contributed by atoms with Crippen LogP contribution >= 0.6 is 41.5 Å². The fraction of sp³-hybridized carbons (Fsp3) is 0.294. The molecule has 1 unspecified atom stereocenters. The lowest BCUT2D eigenvalue weighted by Crippen LogP contribution is -1.97. The summed E-state index contributed by atoms with van der Waals surface area (Å²) >= 11 is 8.71. The van der Waals surface area contributed by atoms with E-state index < -0.39 is 6.80 Å². The first-order valence-corrected chi connectivity index (χ1v) is 12.0. The molecule has 0 aliphatic heterocycles. The van der Waals surface area contributed by atoms with Gasteiger partial charge in [-0.1, -0.05) is 42.4 Å². The molecule has 1 atom stereocenters. The molecule has 0 radical (unpaired) electrons. The van der Waals surface area contributed by atoms with Crippen LogP contribution in [-0.4, -0.2) is 12.4 Å². The SMILES string of the molecule is CCCSP(=O)(OCC)Oc1ccccc1Sc1ccc(Cl)cc1. The van der Waals surface area contributed by atoms with E-state index in [1.807, 2.05) is 62.4 Å². The van der Waals surface area contributed by atoms with Gasteiger partial charge >= 0.3 is 6.80 Å². The highest BCUT2D eigenvalue weighted by Gasteiger charge is 2.27. The van der Waals surface area contributed by atoms with Gasteiger partial charge in [0, 0.05) is 15.7 Å². The quantitative estimate of drug-likeness (QED) is 0.416. The first-order valence-electron chi connectivity index (χ1n) is 7.67. The Morgan fingerprint density at radius 2 is 1.79 bits per heavy atom. The van der Waals surface area contributed by atoms with Crippen molar-refractivity contribution in [2.45, 2.75) is 30.1 Å². The highest BCUT2D eigenvalue weighted by molar-refractivity contribution is 8.55. The molecule has 0 fully saturated rings. The van der Waals surface area contributed by atoms with E-state index in [-0.39, 0.29) is 0 Å². The largest absolute Gasteiger partial charge is 0.440 e. The van der Waals surface area contributed by atoms with Crippen molar-refractivity contribution in [3.05, 3.63) is 53.6 Å². The van der Waals surface area contributed by atoms with Crippen LogP contribution in [0.25, 0.3) is 0 Å². The van der Waals surface area contributed by atoms with Gasteiger partial charge in [0.05, 0.1) is 11.5 Å². The molecule has 0 aliphatic rings. The summed E-state index contributed by atoms with van der Waals surface area (Å²) in [6, 6.07) is 15.1. The summed E-state index contributed by atoms with van der Waals surface area (Å²) in [6.45, 7) is 0.984. The van der Waals surface area contributed by atoms with E-state index >= 15 is 0 Å². The smallest absolute Gasteiger partial charge is 0.416 e. The van der Waals surface area contributed by atoms with Crippen molar-refractivity contribution in [1.29, 1.82) is 0 Å². The third-order valence-corrected chi connectivity index (χ3v) is 8.10. The summed E-state index contributed by atoms with van der Waals surface area (Å²) < 4.78 is 24.1. The molecule has 7 heteroatoms. The lowest BCUT2D eigenvalue weighted by atomic mass is 10.3. The Morgan fingerprint density at radius 1 is 1.08 bits per heavy atom. The maximum atomic E-state index is 12.9. The fourth-order valence-electron chi connectivity index (χ4n) is 1.81. The monoisotopic (exact) mass is 402 g/mol. The summed E-state index contributed by atoms with van der Waals surface area (Å²) in [6.07, 6.45) is 0.909. The summed E-state index contributed by atoms with van der Waals surface area (Å²) in [5.41, 5.74) is 0. The molecule has 0 saturated carbocycles. The van der Waals surface area contributed by atoms with Crippen molar-refractivity contribution in [1.82, 2.24) is 0 Å². The van der Waals surface area contributed by atoms with Crippen molar-refractivity contribution in [2.75, 3.05) is 12.4 Å². The molecule has 2 aromatic carbocycles. The lowest BCUT2D eigenvalue weighted by molar-refractivity contribution is 0.294. The molecule has 2 aromatic rings. The number of hydrogen-bond acceptors (Lipinski definition) is 5. The summed E-state index contributed by atoms with van der Waals surface area (Å²) in [5.74, 6) is 1.29. The zero-order valence-corrected chi connectivity index (χ0v) is 16.9. The van der Waals surface area contributed by atoms with E-state index in [9.17, 15) is 4.57 Å². The van der Waals surface area contributed by atoms with Crippen LogP contribution in [0.5, 0.6) is 5.75 Å². The lowest BCUT2D eigenvalue weighted by Gasteiger charge is -2.19. The molecule has 2 rings (SSSR count). The van der Waals surface area contributed by atoms with E-state index in [0.29, 0.717) is 17.4 Å². The second-order valence-corrected chi connectivity index (χ2v) is 10.5. The van der Waals surface area contributed by atoms with Crippen LogP contribution in [0.3, 0.4) is 0 Å². The number of benzene rings is 2. The van der Waals surface area contributed by atoms with Crippen molar-refractivity contribution in [3.8, 4) is 5.75 Å². The van der Waals surface area contributed by atoms with E-state index in [0.717, 1.165) is 22.0 Å². The molecule has 3 nitrogen and oxygen atoms in total. The van der Waals surface area contributed by atoms with Gasteiger partial charge in [0.15, 0.2) is 0 Å². The fourth-order valence-corrected chi connectivity index (χ4v) is 6.34. The van der Waals surface area contributed by atoms with Crippen LogP contribution in [0.4, 0.5) is 0 Å². The third kappa shape index (κ3) is 6.05. The predicted octanol–water partition coefficient (Wildman–Crippen LogP) is 7.16. The first-order chi connectivity index (χ1) is 11.6. The Kier molecular flexibility index (Phi) is 8.05. The second-order valence-electron chi connectivity index (χ2n) is 4.79. The number of para-hydroxylation sites is 1. The van der Waals surface area contributed by atoms with E-state index in [1.165, 1.54) is 23.1 Å². The third-order valence-electron chi connectivity index (χ3n) is 2.84. The highest BCUT2D eigenvalue weighted by Crippen LogP contribution is 2.61. The molecule has 0 spiro atoms. The topological polar surface area (TPSA) is 35.5 Å². The van der Waals surface area contributed by atoms with Gasteiger partial charge in [0.25, 0.3) is 0 Å². The molecule has 0 aliphatic carbocycles. The summed E-state index contributed by atoms with van der Waals surface area (Å²) in [5, 5.41) is 0.695. The Hall–Kier alpha value is -0.580. The average Bonchev–Trinajstić information content (AvgIpc) is 2.57. The molecule has 0 heterocycles. The van der Waals surface area contributed by atoms with Gasteiger partial charge in [0.1, 0.15) is 5.75 Å². The Bertz CT molecular complexity index is 694. The van der Waals surface area contributed by atoms with Crippen molar-refractivity contribution in [2.24, 2.45) is 0 Å². The number of hydrogen-bond donors (Lipinski definition) is 0. The van der Waals surface area contributed by atoms with Crippen LogP contribution in [0.15, 0.2) is 58.3 Å². The zero-order valence-electron chi connectivity index (χ0n) is 13.6. The molecule has 0 saturated heterocycles. The highest BCUT2D eigenvalue weighted by atomic mass is 35.5. The molecule has 130 valence electrons. The van der Waals surface area contributed by atoms with Gasteiger partial charge in [0.2, 0.25) is 0 Å². The van der Waals surface area contributed by atoms with Gasteiger partial charge in [-0.05, 0) is 61.1 Å². The summed E-state index contributed by atoms with van der Waals surface area (Å²) in [4.78, 5) is 1.92. The molecule has 0 aromatic heterocycles. The Balaban J connectivity index is 2.20. The van der Waals surface area contributed by atoms with Gasteiger partial charge in [-0.3, -0.25) is 4.52 Å². The van der Waals surface area contributed by atoms with Gasteiger partial charge in [-0.2, -0.15) is 0 Å². The standard InChI is InChI=1S/C17H20ClO3PS2/c1-3-13-23-22(19,20-4-2)21-16-7-5-6-8-17(16)24-15-11-9-14(18)10-12-15/h5-12H,3-4,13H2,1-2H3. The molecule has 0 amide bonds. The molecule has 24 heavy (non-hydrogen) atoms. The maximum Gasteiger partial charge on any atom is 0.440 e. The zero-order chi connectivity index (χ0) is 17.4. The maximum absolute atomic E-state index is 12.9. The van der Waals surface area contributed by atoms with Crippen molar-refractivity contribution in [3.63, 3.8) is 0 Å². The van der Waals surface area contributed by atoms with E-state index in [2.05, 4.69) is 0 Å². The van der Waals surface area contributed by atoms with Crippen LogP contribution in [-0.2, 0) is 9.09 Å². The molecule has 0 N–H and O–H groups in total. The van der Waals surface area contributed by atoms with Crippen molar-refractivity contribution >= 4 is 41.5 Å². The predicted molar refractivity (Wildman–Crippen MR) is 105 cm³/mol. The van der Waals surface area contributed by atoms with Gasteiger partial charge in [-0.15, -0.1) is 0 Å². The van der Waals surface area contributed by atoms with Crippen LogP contribution in [0.2, 0.25) is 5.02 Å². The molecular weight excluding hydrogens is 383 g/mol. The first kappa shape index (κ1) is 19.7. The number of halogens is 1. The van der Waals surface area contributed by atoms with Crippen LogP contribution in [0, 0.1) is 0 Å². The normalized spacial score (nSPS) is 13.5. The second kappa shape index (κ2) is 9.79. The Labute approximate surface area is 156 Å². The summed E-state index contributed by atoms with van der Waals surface area (Å²) in [7, 11) is 0. The van der Waals surface area contributed by atoms with Crippen LogP contribution in [0.1, 0.15) is 20.3 Å². The minimum atomic E-state index is -3.22. The van der Waals surface area contributed by atoms with Crippen molar-refractivity contribution < 1.29 is 13.6 Å². The van der Waals surface area contributed by atoms with E-state index in [4.69, 9.17) is 20.6 Å². The van der Waals surface area contributed by atoms with Gasteiger partial charge in [-0.25, -0.2) is 4.57 Å². The minimum Gasteiger partial charge on any atom is -0.416 e. The average molecular weight is 403 g/mol.